The summed E-state index contributed by atoms with van der Waals surface area (Å²) in [5, 5.41) is 18.0. The van der Waals surface area contributed by atoms with E-state index in [9.17, 15) is 23.3 Å². The molecule has 3 rings (SSSR count). The van der Waals surface area contributed by atoms with Crippen LogP contribution in [0, 0.1) is 30.9 Å². The van der Waals surface area contributed by atoms with Gasteiger partial charge in [0.25, 0.3) is 5.91 Å². The SMILES string of the molecule is Cc1ccc(S(=O)(=O)NCCNC(=O)c2ccc(Cn3nc(C)c([N+](=O)[O-])c3C)cc2)cc1. The van der Waals surface area contributed by atoms with Crippen molar-refractivity contribution in [3.63, 3.8) is 0 Å². The molecule has 33 heavy (non-hydrogen) atoms. The van der Waals surface area contributed by atoms with Gasteiger partial charge < -0.3 is 5.32 Å². The molecule has 0 aliphatic rings. The van der Waals surface area contributed by atoms with Crippen LogP contribution >= 0.6 is 0 Å². The largest absolute Gasteiger partial charge is 0.351 e. The topological polar surface area (TPSA) is 136 Å². The number of nitrogens with zero attached hydrogens (tertiary/aromatic N) is 3. The highest BCUT2D eigenvalue weighted by Gasteiger charge is 2.21. The maximum absolute atomic E-state index is 12.3. The number of carbonyl (C=O) groups is 1. The quantitative estimate of drug-likeness (QED) is 0.279. The maximum atomic E-state index is 12.3. The van der Waals surface area contributed by atoms with Gasteiger partial charge in [-0.3, -0.25) is 19.6 Å². The minimum atomic E-state index is -3.64. The molecule has 0 radical (unpaired) electrons. The summed E-state index contributed by atoms with van der Waals surface area (Å²) in [4.78, 5) is 23.2. The Bertz CT molecular complexity index is 1270. The predicted octanol–water partition coefficient (Wildman–Crippen LogP) is 2.47. The molecule has 0 aliphatic heterocycles. The van der Waals surface area contributed by atoms with E-state index in [2.05, 4.69) is 15.1 Å². The van der Waals surface area contributed by atoms with E-state index in [4.69, 9.17) is 0 Å². The summed E-state index contributed by atoms with van der Waals surface area (Å²) >= 11 is 0. The minimum absolute atomic E-state index is 0.00370. The van der Waals surface area contributed by atoms with Crippen LogP contribution in [-0.2, 0) is 16.6 Å². The van der Waals surface area contributed by atoms with Crippen molar-refractivity contribution in [1.29, 1.82) is 0 Å². The first kappa shape index (κ1) is 24.1. The van der Waals surface area contributed by atoms with Crippen LogP contribution in [0.2, 0.25) is 0 Å². The highest BCUT2D eigenvalue weighted by atomic mass is 32.2. The van der Waals surface area contributed by atoms with Crippen LogP contribution in [0.5, 0.6) is 0 Å². The Balaban J connectivity index is 1.53. The minimum Gasteiger partial charge on any atom is -0.351 e. The van der Waals surface area contributed by atoms with E-state index in [0.29, 0.717) is 23.5 Å². The number of benzene rings is 2. The third-order valence-corrected chi connectivity index (χ3v) is 6.59. The van der Waals surface area contributed by atoms with Crippen molar-refractivity contribution in [2.24, 2.45) is 0 Å². The monoisotopic (exact) mass is 471 g/mol. The van der Waals surface area contributed by atoms with E-state index in [1.54, 1.807) is 54.9 Å². The zero-order valence-corrected chi connectivity index (χ0v) is 19.3. The molecule has 0 atom stereocenters. The Hall–Kier alpha value is -3.57. The number of aromatic nitrogens is 2. The number of sulfonamides is 1. The Kier molecular flexibility index (Phi) is 7.24. The molecule has 2 N–H and O–H groups in total. The first-order chi connectivity index (χ1) is 15.6. The molecule has 0 saturated heterocycles. The molecule has 10 nitrogen and oxygen atoms in total. The van der Waals surface area contributed by atoms with Crippen LogP contribution < -0.4 is 10.0 Å². The van der Waals surface area contributed by atoms with E-state index in [1.807, 2.05) is 6.92 Å². The van der Waals surface area contributed by atoms with Crippen molar-refractivity contribution < 1.29 is 18.1 Å². The molecule has 3 aromatic rings. The number of hydrogen-bond acceptors (Lipinski definition) is 6. The summed E-state index contributed by atoms with van der Waals surface area (Å²) in [6.07, 6.45) is 0. The normalized spacial score (nSPS) is 11.4. The molecule has 0 aliphatic carbocycles. The van der Waals surface area contributed by atoms with Crippen LogP contribution in [0.3, 0.4) is 0 Å². The number of nitro groups is 1. The van der Waals surface area contributed by atoms with Gasteiger partial charge in [0.2, 0.25) is 10.0 Å². The van der Waals surface area contributed by atoms with Gasteiger partial charge in [-0.05, 0) is 50.6 Å². The molecule has 1 heterocycles. The lowest BCUT2D eigenvalue weighted by molar-refractivity contribution is -0.386. The smallest absolute Gasteiger partial charge is 0.312 e. The summed E-state index contributed by atoms with van der Waals surface area (Å²) in [5.74, 6) is -0.335. The first-order valence-corrected chi connectivity index (χ1v) is 11.7. The Morgan fingerprint density at radius 2 is 1.67 bits per heavy atom. The summed E-state index contributed by atoms with van der Waals surface area (Å²) in [6, 6.07) is 13.3. The maximum Gasteiger partial charge on any atom is 0.312 e. The Labute approximate surface area is 191 Å². The molecule has 0 unspecified atom stereocenters. The van der Waals surface area contributed by atoms with Gasteiger partial charge in [0.05, 0.1) is 16.4 Å². The van der Waals surface area contributed by atoms with Crippen LogP contribution in [0.25, 0.3) is 0 Å². The molecular weight excluding hydrogens is 446 g/mol. The molecule has 2 aromatic carbocycles. The second kappa shape index (κ2) is 9.92. The van der Waals surface area contributed by atoms with Gasteiger partial charge in [-0.1, -0.05) is 29.8 Å². The number of hydrogen-bond donors (Lipinski definition) is 2. The summed E-state index contributed by atoms with van der Waals surface area (Å²) in [5.41, 5.74) is 3.03. The number of aryl methyl sites for hydroxylation is 2. The molecule has 1 amide bonds. The molecule has 1 aromatic heterocycles. The fourth-order valence-electron chi connectivity index (χ4n) is 3.30. The van der Waals surface area contributed by atoms with Crippen LogP contribution in [0.4, 0.5) is 5.69 Å². The van der Waals surface area contributed by atoms with Crippen LogP contribution in [0.15, 0.2) is 53.4 Å². The predicted molar refractivity (Wildman–Crippen MR) is 123 cm³/mol. The highest BCUT2D eigenvalue weighted by molar-refractivity contribution is 7.89. The highest BCUT2D eigenvalue weighted by Crippen LogP contribution is 2.22. The molecule has 174 valence electrons. The van der Waals surface area contributed by atoms with Crippen molar-refractivity contribution in [3.8, 4) is 0 Å². The van der Waals surface area contributed by atoms with Crippen molar-refractivity contribution in [3.05, 3.63) is 86.7 Å². The number of carbonyl (C=O) groups excluding carboxylic acids is 1. The van der Waals surface area contributed by atoms with E-state index in [1.165, 1.54) is 12.1 Å². The van der Waals surface area contributed by atoms with E-state index < -0.39 is 14.9 Å². The van der Waals surface area contributed by atoms with Gasteiger partial charge in [-0.15, -0.1) is 0 Å². The Morgan fingerprint density at radius 3 is 2.24 bits per heavy atom. The third kappa shape index (κ3) is 5.82. The van der Waals surface area contributed by atoms with E-state index in [-0.39, 0.29) is 29.6 Å². The number of rotatable bonds is 9. The fraction of sp³-hybridized carbons (Fsp3) is 0.273. The average Bonchev–Trinajstić information content (AvgIpc) is 3.04. The molecule has 0 bridgehead atoms. The molecular formula is C22H25N5O5S. The van der Waals surface area contributed by atoms with E-state index >= 15 is 0 Å². The lowest BCUT2D eigenvalue weighted by atomic mass is 10.1. The van der Waals surface area contributed by atoms with Crippen molar-refractivity contribution >= 4 is 21.6 Å². The van der Waals surface area contributed by atoms with Crippen LogP contribution in [0.1, 0.15) is 32.9 Å². The third-order valence-electron chi connectivity index (χ3n) is 5.11. The second-order valence-corrected chi connectivity index (χ2v) is 9.36. The van der Waals surface area contributed by atoms with E-state index in [0.717, 1.165) is 11.1 Å². The fourth-order valence-corrected chi connectivity index (χ4v) is 4.34. The van der Waals surface area contributed by atoms with Crippen molar-refractivity contribution in [2.45, 2.75) is 32.2 Å². The average molecular weight is 472 g/mol. The standard InChI is InChI=1S/C22H25N5O5S/c1-15-4-10-20(11-5-15)33(31,32)24-13-12-23-22(28)19-8-6-18(7-9-19)14-26-17(3)21(27(29)30)16(2)25-26/h4-11,24H,12-14H2,1-3H3,(H,23,28). The summed E-state index contributed by atoms with van der Waals surface area (Å²) in [7, 11) is -3.64. The molecule has 11 heteroatoms. The van der Waals surface area contributed by atoms with Gasteiger partial charge in [0, 0.05) is 18.7 Å². The lowest BCUT2D eigenvalue weighted by Crippen LogP contribution is -2.34. The number of nitrogens with one attached hydrogen (secondary N) is 2. The second-order valence-electron chi connectivity index (χ2n) is 7.60. The van der Waals surface area contributed by atoms with Gasteiger partial charge in [-0.2, -0.15) is 5.10 Å². The zero-order chi connectivity index (χ0) is 24.2. The lowest BCUT2D eigenvalue weighted by Gasteiger charge is -2.09. The number of amides is 1. The van der Waals surface area contributed by atoms with Crippen molar-refractivity contribution in [1.82, 2.24) is 19.8 Å². The van der Waals surface area contributed by atoms with Crippen molar-refractivity contribution in [2.75, 3.05) is 13.1 Å². The zero-order valence-electron chi connectivity index (χ0n) is 18.5. The molecule has 0 saturated carbocycles. The van der Waals surface area contributed by atoms with Crippen LogP contribution in [-0.4, -0.2) is 42.1 Å². The van der Waals surface area contributed by atoms with Gasteiger partial charge in [-0.25, -0.2) is 13.1 Å². The molecule has 0 fully saturated rings. The summed E-state index contributed by atoms with van der Waals surface area (Å²) < 4.78 is 28.5. The van der Waals surface area contributed by atoms with Gasteiger partial charge >= 0.3 is 5.69 Å². The first-order valence-electron chi connectivity index (χ1n) is 10.2. The summed E-state index contributed by atoms with van der Waals surface area (Å²) in [6.45, 7) is 5.63. The molecule has 0 spiro atoms. The van der Waals surface area contributed by atoms with Gasteiger partial charge in [0.1, 0.15) is 11.4 Å². The van der Waals surface area contributed by atoms with Gasteiger partial charge in [0.15, 0.2) is 0 Å². The Morgan fingerprint density at radius 1 is 1.03 bits per heavy atom.